The molecule has 1 aliphatic rings. The number of hydroxylamine groups is 1. The fourth-order valence-corrected chi connectivity index (χ4v) is 4.13. The number of nitro groups is 1. The summed E-state index contributed by atoms with van der Waals surface area (Å²) in [6.45, 7) is 3.06. The van der Waals surface area contributed by atoms with Crippen LogP contribution in [0.3, 0.4) is 0 Å². The van der Waals surface area contributed by atoms with Gasteiger partial charge in [0.1, 0.15) is 0 Å². The number of nitro benzene ring substituents is 1. The smallest absolute Gasteiger partial charge is 0.284 e. The maximum absolute atomic E-state index is 13.7. The zero-order valence-corrected chi connectivity index (χ0v) is 12.4. The lowest BCUT2D eigenvalue weighted by molar-refractivity contribution is -0.388. The molecule has 21 heavy (non-hydrogen) atoms. The average molecular weight is 318 g/mol. The summed E-state index contributed by atoms with van der Waals surface area (Å²) >= 11 is 0. The van der Waals surface area contributed by atoms with Crippen molar-refractivity contribution in [3.63, 3.8) is 0 Å². The van der Waals surface area contributed by atoms with Crippen LogP contribution in [0.1, 0.15) is 24.0 Å². The second-order valence-corrected chi connectivity index (χ2v) is 6.57. The van der Waals surface area contributed by atoms with E-state index in [4.69, 9.17) is 4.84 Å². The SMILES string of the molecule is Cc1cc(F)c([N+](=O)[O-])c(C)c1S(=O)(=O)N1CCCCO1. The second-order valence-electron chi connectivity index (χ2n) is 4.81. The molecule has 9 heteroatoms. The molecule has 116 valence electrons. The Morgan fingerprint density at radius 2 is 2.05 bits per heavy atom. The van der Waals surface area contributed by atoms with Crippen LogP contribution >= 0.6 is 0 Å². The first kappa shape index (κ1) is 15.8. The lowest BCUT2D eigenvalue weighted by Gasteiger charge is -2.26. The molecule has 1 fully saturated rings. The van der Waals surface area contributed by atoms with Gasteiger partial charge >= 0.3 is 5.69 Å². The van der Waals surface area contributed by atoms with Crippen molar-refractivity contribution in [2.75, 3.05) is 13.2 Å². The molecule has 1 aromatic rings. The number of hydrogen-bond donors (Lipinski definition) is 0. The first-order valence-corrected chi connectivity index (χ1v) is 7.80. The highest BCUT2D eigenvalue weighted by Crippen LogP contribution is 2.33. The number of sulfonamides is 1. The van der Waals surface area contributed by atoms with Gasteiger partial charge in [0.05, 0.1) is 22.0 Å². The van der Waals surface area contributed by atoms with Gasteiger partial charge in [0.2, 0.25) is 5.82 Å². The summed E-state index contributed by atoms with van der Waals surface area (Å²) in [7, 11) is -4.06. The Bertz CT molecular complexity index is 683. The van der Waals surface area contributed by atoms with Crippen LogP contribution in [-0.2, 0) is 14.9 Å². The van der Waals surface area contributed by atoms with E-state index >= 15 is 0 Å². The summed E-state index contributed by atoms with van der Waals surface area (Å²) in [5.41, 5.74) is -0.923. The Labute approximate surface area is 121 Å². The van der Waals surface area contributed by atoms with Crippen molar-refractivity contribution < 1.29 is 22.6 Å². The maximum atomic E-state index is 13.7. The van der Waals surface area contributed by atoms with E-state index in [1.807, 2.05) is 0 Å². The molecule has 1 aromatic carbocycles. The molecule has 0 unspecified atom stereocenters. The monoisotopic (exact) mass is 318 g/mol. The molecule has 1 saturated heterocycles. The first-order valence-electron chi connectivity index (χ1n) is 6.36. The Morgan fingerprint density at radius 3 is 2.57 bits per heavy atom. The van der Waals surface area contributed by atoms with Crippen LogP contribution in [0.15, 0.2) is 11.0 Å². The molecule has 0 spiro atoms. The highest BCUT2D eigenvalue weighted by molar-refractivity contribution is 7.89. The summed E-state index contributed by atoms with van der Waals surface area (Å²) in [5.74, 6) is -1.05. The maximum Gasteiger partial charge on any atom is 0.309 e. The van der Waals surface area contributed by atoms with E-state index < -0.39 is 26.5 Å². The standard InChI is InChI=1S/C12H15FN2O5S/c1-8-7-10(13)11(15(16)17)9(2)12(8)21(18,19)14-5-3-4-6-20-14/h7H,3-6H2,1-2H3. The Kier molecular flexibility index (Phi) is 4.26. The summed E-state index contributed by atoms with van der Waals surface area (Å²) in [6, 6.07) is 0.863. The zero-order valence-electron chi connectivity index (χ0n) is 11.6. The van der Waals surface area contributed by atoms with Crippen LogP contribution < -0.4 is 0 Å². The minimum absolute atomic E-state index is 0.116. The van der Waals surface area contributed by atoms with Gasteiger partial charge in [0.25, 0.3) is 10.0 Å². The number of rotatable bonds is 3. The highest BCUT2D eigenvalue weighted by Gasteiger charge is 2.34. The van der Waals surface area contributed by atoms with Crippen molar-refractivity contribution in [1.82, 2.24) is 4.47 Å². The molecule has 1 aliphatic heterocycles. The van der Waals surface area contributed by atoms with Crippen LogP contribution in [0, 0.1) is 29.8 Å². The molecule has 1 heterocycles. The van der Waals surface area contributed by atoms with Crippen molar-refractivity contribution in [2.24, 2.45) is 0 Å². The van der Waals surface area contributed by atoms with Crippen LogP contribution in [0.25, 0.3) is 0 Å². The van der Waals surface area contributed by atoms with Gasteiger partial charge in [0.15, 0.2) is 0 Å². The molecule has 0 amide bonds. The third kappa shape index (κ3) is 2.76. The van der Waals surface area contributed by atoms with Gasteiger partial charge in [-0.1, -0.05) is 4.47 Å². The topological polar surface area (TPSA) is 89.8 Å². The lowest BCUT2D eigenvalue weighted by atomic mass is 10.1. The van der Waals surface area contributed by atoms with Crippen molar-refractivity contribution >= 4 is 15.7 Å². The summed E-state index contributed by atoms with van der Waals surface area (Å²) in [4.78, 5) is 14.9. The molecular formula is C12H15FN2O5S. The zero-order chi connectivity index (χ0) is 15.8. The Morgan fingerprint density at radius 1 is 1.38 bits per heavy atom. The molecule has 0 saturated carbocycles. The lowest BCUT2D eigenvalue weighted by Crippen LogP contribution is -2.36. The Hall–Kier alpha value is -1.58. The number of nitrogens with zero attached hydrogens (tertiary/aromatic N) is 2. The molecule has 7 nitrogen and oxygen atoms in total. The summed E-state index contributed by atoms with van der Waals surface area (Å²) in [6.07, 6.45) is 1.38. The van der Waals surface area contributed by atoms with E-state index in [1.165, 1.54) is 13.8 Å². The number of hydrogen-bond acceptors (Lipinski definition) is 5. The average Bonchev–Trinajstić information content (AvgIpc) is 2.38. The molecule has 0 atom stereocenters. The van der Waals surface area contributed by atoms with Crippen molar-refractivity contribution in [2.45, 2.75) is 31.6 Å². The van der Waals surface area contributed by atoms with Gasteiger partial charge in [-0.2, -0.15) is 4.39 Å². The van der Waals surface area contributed by atoms with Crippen LogP contribution in [0.4, 0.5) is 10.1 Å². The largest absolute Gasteiger partial charge is 0.309 e. The van der Waals surface area contributed by atoms with E-state index in [-0.39, 0.29) is 29.2 Å². The van der Waals surface area contributed by atoms with E-state index in [1.54, 1.807) is 0 Å². The number of aryl methyl sites for hydroxylation is 1. The molecule has 2 rings (SSSR count). The van der Waals surface area contributed by atoms with Crippen molar-refractivity contribution in [3.8, 4) is 0 Å². The predicted octanol–water partition coefficient (Wildman–Crippen LogP) is 2.07. The van der Waals surface area contributed by atoms with Crippen LogP contribution in [0.2, 0.25) is 0 Å². The molecular weight excluding hydrogens is 303 g/mol. The third-order valence-electron chi connectivity index (χ3n) is 3.30. The second kappa shape index (κ2) is 5.66. The Balaban J connectivity index is 2.62. The summed E-state index contributed by atoms with van der Waals surface area (Å²) < 4.78 is 39.7. The number of benzene rings is 1. The van der Waals surface area contributed by atoms with Crippen LogP contribution in [0.5, 0.6) is 0 Å². The van der Waals surface area contributed by atoms with Gasteiger partial charge < -0.3 is 0 Å². The van der Waals surface area contributed by atoms with E-state index in [0.717, 1.165) is 17.0 Å². The predicted molar refractivity (Wildman–Crippen MR) is 71.6 cm³/mol. The van der Waals surface area contributed by atoms with E-state index in [9.17, 15) is 22.9 Å². The normalized spacial score (nSPS) is 16.9. The molecule has 0 radical (unpaired) electrons. The van der Waals surface area contributed by atoms with Gasteiger partial charge in [0, 0.05) is 6.54 Å². The molecule has 0 bridgehead atoms. The van der Waals surface area contributed by atoms with Crippen LogP contribution in [-0.4, -0.2) is 31.0 Å². The van der Waals surface area contributed by atoms with Gasteiger partial charge in [-0.05, 0) is 38.3 Å². The molecule has 0 N–H and O–H groups in total. The van der Waals surface area contributed by atoms with Crippen molar-refractivity contribution in [1.29, 1.82) is 0 Å². The van der Waals surface area contributed by atoms with Gasteiger partial charge in [-0.3, -0.25) is 15.0 Å². The highest BCUT2D eigenvalue weighted by atomic mass is 32.2. The minimum Gasteiger partial charge on any atom is -0.284 e. The van der Waals surface area contributed by atoms with E-state index in [2.05, 4.69) is 0 Å². The number of halogens is 1. The fraction of sp³-hybridized carbons (Fsp3) is 0.500. The van der Waals surface area contributed by atoms with Gasteiger partial charge in [-0.15, -0.1) is 0 Å². The van der Waals surface area contributed by atoms with Gasteiger partial charge in [-0.25, -0.2) is 8.42 Å². The van der Waals surface area contributed by atoms with Crippen molar-refractivity contribution in [3.05, 3.63) is 33.1 Å². The molecule has 0 aromatic heterocycles. The molecule has 0 aliphatic carbocycles. The fourth-order valence-electron chi connectivity index (χ4n) is 2.39. The minimum atomic E-state index is -4.06. The van der Waals surface area contributed by atoms with E-state index in [0.29, 0.717) is 6.42 Å². The summed E-state index contributed by atoms with van der Waals surface area (Å²) in [5, 5.41) is 10.9. The first-order chi connectivity index (χ1) is 9.76. The quantitative estimate of drug-likeness (QED) is 0.628. The third-order valence-corrected chi connectivity index (χ3v) is 5.27.